The van der Waals surface area contributed by atoms with Crippen LogP contribution in [-0.4, -0.2) is 50.1 Å². The van der Waals surface area contributed by atoms with E-state index in [1.165, 1.54) is 12.1 Å². The number of aromatic nitrogens is 1. The number of benzene rings is 1. The van der Waals surface area contributed by atoms with E-state index in [0.717, 1.165) is 17.4 Å². The lowest BCUT2D eigenvalue weighted by Crippen LogP contribution is -2.48. The summed E-state index contributed by atoms with van der Waals surface area (Å²) in [6.07, 6.45) is 4.61. The van der Waals surface area contributed by atoms with Gasteiger partial charge in [-0.05, 0) is 36.2 Å². The van der Waals surface area contributed by atoms with E-state index in [0.29, 0.717) is 25.2 Å². The monoisotopic (exact) mass is 359 g/mol. The number of carbonyl (C=O) groups is 1. The van der Waals surface area contributed by atoms with E-state index in [4.69, 9.17) is 0 Å². The molecule has 0 aliphatic carbocycles. The number of hydrogen-bond acceptors (Lipinski definition) is 5. The van der Waals surface area contributed by atoms with Crippen LogP contribution in [0.25, 0.3) is 0 Å². The van der Waals surface area contributed by atoms with Crippen molar-refractivity contribution in [3.63, 3.8) is 0 Å². The zero-order valence-electron chi connectivity index (χ0n) is 14.3. The molecule has 2 aromatic rings. The maximum atomic E-state index is 13.2. The second-order valence-electron chi connectivity index (χ2n) is 6.25. The van der Waals surface area contributed by atoms with Gasteiger partial charge in [0.25, 0.3) is 5.91 Å². The number of piperazine rings is 1. The summed E-state index contributed by atoms with van der Waals surface area (Å²) >= 11 is 0. The van der Waals surface area contributed by atoms with E-state index in [9.17, 15) is 13.2 Å². The number of nitrogens with one attached hydrogen (secondary N) is 1. The Hall–Kier alpha value is -2.25. The van der Waals surface area contributed by atoms with E-state index in [1.807, 2.05) is 19.1 Å². The van der Waals surface area contributed by atoms with Crippen LogP contribution in [0.2, 0.25) is 0 Å². The van der Waals surface area contributed by atoms with Gasteiger partial charge in [0.1, 0.15) is 0 Å². The second-order valence-corrected chi connectivity index (χ2v) is 8.27. The van der Waals surface area contributed by atoms with Crippen molar-refractivity contribution in [1.29, 1.82) is 0 Å². The van der Waals surface area contributed by atoms with Gasteiger partial charge in [0, 0.05) is 43.8 Å². The molecular formula is C18H21N3O3S. The van der Waals surface area contributed by atoms with Gasteiger partial charge in [-0.15, -0.1) is 0 Å². The number of sulfone groups is 1. The largest absolute Gasteiger partial charge is 0.329 e. The predicted molar refractivity (Wildman–Crippen MR) is 95.2 cm³/mol. The second kappa shape index (κ2) is 6.93. The Morgan fingerprint density at radius 2 is 2.12 bits per heavy atom. The molecule has 1 aromatic carbocycles. The summed E-state index contributed by atoms with van der Waals surface area (Å²) in [5, 5.41) is 3.30. The number of rotatable bonds is 3. The predicted octanol–water partition coefficient (Wildman–Crippen LogP) is 1.58. The molecular weight excluding hydrogens is 338 g/mol. The third-order valence-electron chi connectivity index (χ3n) is 4.44. The first-order chi connectivity index (χ1) is 11.9. The maximum absolute atomic E-state index is 13.2. The van der Waals surface area contributed by atoms with E-state index in [1.54, 1.807) is 23.4 Å². The van der Waals surface area contributed by atoms with Crippen molar-refractivity contribution < 1.29 is 13.2 Å². The molecule has 25 heavy (non-hydrogen) atoms. The molecule has 1 aromatic heterocycles. The fraction of sp³-hybridized carbons (Fsp3) is 0.333. The Morgan fingerprint density at radius 3 is 2.80 bits per heavy atom. The summed E-state index contributed by atoms with van der Waals surface area (Å²) in [7, 11) is -3.37. The number of nitrogens with zero attached hydrogens (tertiary/aromatic N) is 2. The molecule has 1 fully saturated rings. The van der Waals surface area contributed by atoms with Crippen molar-refractivity contribution in [3.05, 3.63) is 59.4 Å². The average Bonchev–Trinajstić information content (AvgIpc) is 2.61. The molecule has 1 aliphatic rings. The number of hydrogen-bond donors (Lipinski definition) is 1. The van der Waals surface area contributed by atoms with E-state index in [-0.39, 0.29) is 16.8 Å². The Kier molecular flexibility index (Phi) is 4.87. The highest BCUT2D eigenvalue weighted by Gasteiger charge is 2.30. The number of amides is 1. The quantitative estimate of drug-likeness (QED) is 0.900. The van der Waals surface area contributed by atoms with Crippen molar-refractivity contribution in [3.8, 4) is 0 Å². The molecule has 1 saturated heterocycles. The van der Waals surface area contributed by atoms with Gasteiger partial charge in [-0.2, -0.15) is 0 Å². The first-order valence-electron chi connectivity index (χ1n) is 8.10. The van der Waals surface area contributed by atoms with Crippen molar-refractivity contribution in [2.45, 2.75) is 17.9 Å². The van der Waals surface area contributed by atoms with Crippen molar-refractivity contribution in [2.75, 3.05) is 25.9 Å². The minimum Gasteiger partial charge on any atom is -0.329 e. The molecule has 0 radical (unpaired) electrons. The molecule has 7 heteroatoms. The lowest BCUT2D eigenvalue weighted by atomic mass is 10.0. The fourth-order valence-corrected chi connectivity index (χ4v) is 3.68. The molecule has 132 valence electrons. The molecule has 1 atom stereocenters. The zero-order chi connectivity index (χ0) is 18.0. The topological polar surface area (TPSA) is 79.4 Å². The molecule has 3 rings (SSSR count). The fourth-order valence-electron chi connectivity index (χ4n) is 3.04. The Labute approximate surface area is 147 Å². The van der Waals surface area contributed by atoms with Crippen LogP contribution < -0.4 is 5.32 Å². The standard InChI is InChI=1S/C18H21N3O3S/c1-13-5-6-15(25(2,23)24)10-16(13)18(22)21-9-8-20-12-17(21)14-4-3-7-19-11-14/h3-7,10-11,17,20H,8-9,12H2,1-2H3. The zero-order valence-corrected chi connectivity index (χ0v) is 15.1. The average molecular weight is 359 g/mol. The SMILES string of the molecule is Cc1ccc(S(C)(=O)=O)cc1C(=O)N1CCNCC1c1cccnc1. The van der Waals surface area contributed by atoms with Crippen LogP contribution in [0.5, 0.6) is 0 Å². The summed E-state index contributed by atoms with van der Waals surface area (Å²) in [6, 6.07) is 8.38. The highest BCUT2D eigenvalue weighted by atomic mass is 32.2. The number of carbonyl (C=O) groups excluding carboxylic acids is 1. The van der Waals surface area contributed by atoms with Crippen LogP contribution in [0.3, 0.4) is 0 Å². The van der Waals surface area contributed by atoms with E-state index >= 15 is 0 Å². The van der Waals surface area contributed by atoms with Crippen molar-refractivity contribution in [1.82, 2.24) is 15.2 Å². The van der Waals surface area contributed by atoms with Crippen molar-refractivity contribution in [2.24, 2.45) is 0 Å². The molecule has 0 bridgehead atoms. The molecule has 2 heterocycles. The molecule has 1 N–H and O–H groups in total. The molecule has 0 spiro atoms. The minimum atomic E-state index is -3.37. The first kappa shape index (κ1) is 17.6. The minimum absolute atomic E-state index is 0.128. The van der Waals surface area contributed by atoms with Gasteiger partial charge in [-0.3, -0.25) is 9.78 Å². The lowest BCUT2D eigenvalue weighted by molar-refractivity contribution is 0.0633. The molecule has 1 unspecified atom stereocenters. The smallest absolute Gasteiger partial charge is 0.254 e. The Balaban J connectivity index is 1.98. The Bertz CT molecular complexity index is 882. The van der Waals surface area contributed by atoms with Crippen LogP contribution in [0.1, 0.15) is 27.5 Å². The summed E-state index contributed by atoms with van der Waals surface area (Å²) in [4.78, 5) is 19.3. The summed E-state index contributed by atoms with van der Waals surface area (Å²) < 4.78 is 23.7. The van der Waals surface area contributed by atoms with E-state index < -0.39 is 9.84 Å². The van der Waals surface area contributed by atoms with Crippen LogP contribution in [0, 0.1) is 6.92 Å². The van der Waals surface area contributed by atoms with Crippen LogP contribution in [0.15, 0.2) is 47.6 Å². The summed E-state index contributed by atoms with van der Waals surface area (Å²) in [6.45, 7) is 3.72. The third-order valence-corrected chi connectivity index (χ3v) is 5.55. The highest BCUT2D eigenvalue weighted by Crippen LogP contribution is 2.25. The number of aryl methyl sites for hydroxylation is 1. The number of pyridine rings is 1. The van der Waals surface area contributed by atoms with Gasteiger partial charge < -0.3 is 10.2 Å². The summed E-state index contributed by atoms with van der Waals surface area (Å²) in [5.74, 6) is -0.154. The van der Waals surface area contributed by atoms with Gasteiger partial charge in [0.05, 0.1) is 10.9 Å². The van der Waals surface area contributed by atoms with Gasteiger partial charge in [0.2, 0.25) is 0 Å². The highest BCUT2D eigenvalue weighted by molar-refractivity contribution is 7.90. The van der Waals surface area contributed by atoms with E-state index in [2.05, 4.69) is 10.3 Å². The maximum Gasteiger partial charge on any atom is 0.254 e. The molecule has 1 amide bonds. The normalized spacial score (nSPS) is 18.2. The van der Waals surface area contributed by atoms with Gasteiger partial charge in [-0.25, -0.2) is 8.42 Å². The molecule has 0 saturated carbocycles. The molecule has 6 nitrogen and oxygen atoms in total. The Morgan fingerprint density at radius 1 is 1.32 bits per heavy atom. The van der Waals surface area contributed by atoms with Crippen LogP contribution in [-0.2, 0) is 9.84 Å². The van der Waals surface area contributed by atoms with Gasteiger partial charge in [0.15, 0.2) is 9.84 Å². The van der Waals surface area contributed by atoms with Crippen LogP contribution >= 0.6 is 0 Å². The first-order valence-corrected chi connectivity index (χ1v) is 9.99. The summed E-state index contributed by atoms with van der Waals surface area (Å²) in [5.41, 5.74) is 2.15. The van der Waals surface area contributed by atoms with Gasteiger partial charge >= 0.3 is 0 Å². The van der Waals surface area contributed by atoms with Gasteiger partial charge in [-0.1, -0.05) is 12.1 Å². The van der Waals surface area contributed by atoms with Crippen LogP contribution in [0.4, 0.5) is 0 Å². The van der Waals surface area contributed by atoms with Crippen molar-refractivity contribution >= 4 is 15.7 Å². The molecule has 1 aliphatic heterocycles. The lowest BCUT2D eigenvalue weighted by Gasteiger charge is -2.36. The third kappa shape index (κ3) is 3.72.